The van der Waals surface area contributed by atoms with Crippen LogP contribution in [0.3, 0.4) is 0 Å². The Morgan fingerprint density at radius 1 is 0.419 bits per heavy atom. The SMILES string of the molecule is Clc1ccc(-c2ccc(-c3cc(-c4ccccc4)nc(-c4ccccc4)n3)cc2)cc1. The number of nitrogens with zero attached hydrogens (tertiary/aromatic N) is 2. The van der Waals surface area contributed by atoms with E-state index >= 15 is 0 Å². The normalized spacial score (nSPS) is 10.7. The first-order valence-electron chi connectivity index (χ1n) is 10.1. The zero-order valence-corrected chi connectivity index (χ0v) is 17.5. The van der Waals surface area contributed by atoms with Crippen molar-refractivity contribution in [3.05, 3.63) is 120 Å². The van der Waals surface area contributed by atoms with Crippen molar-refractivity contribution in [3.8, 4) is 45.0 Å². The summed E-state index contributed by atoms with van der Waals surface area (Å²) in [5.74, 6) is 0.721. The minimum atomic E-state index is 0.721. The maximum absolute atomic E-state index is 6.02. The van der Waals surface area contributed by atoms with Crippen LogP contribution in [0.4, 0.5) is 0 Å². The smallest absolute Gasteiger partial charge is 0.160 e. The lowest BCUT2D eigenvalue weighted by Gasteiger charge is -2.10. The van der Waals surface area contributed by atoms with Crippen LogP contribution < -0.4 is 0 Å². The molecule has 0 saturated carbocycles. The summed E-state index contributed by atoms with van der Waals surface area (Å²) in [7, 11) is 0. The van der Waals surface area contributed by atoms with Crippen LogP contribution in [-0.4, -0.2) is 9.97 Å². The number of benzene rings is 4. The van der Waals surface area contributed by atoms with Gasteiger partial charge in [-0.25, -0.2) is 9.97 Å². The van der Waals surface area contributed by atoms with Gasteiger partial charge in [-0.1, -0.05) is 109 Å². The van der Waals surface area contributed by atoms with Crippen LogP contribution in [0.25, 0.3) is 45.0 Å². The van der Waals surface area contributed by atoms with Crippen LogP contribution in [-0.2, 0) is 0 Å². The molecule has 0 aliphatic carbocycles. The fourth-order valence-electron chi connectivity index (χ4n) is 3.54. The Labute approximate surface area is 186 Å². The molecule has 5 rings (SSSR count). The van der Waals surface area contributed by atoms with Gasteiger partial charge >= 0.3 is 0 Å². The van der Waals surface area contributed by atoms with Crippen molar-refractivity contribution >= 4 is 11.6 Å². The molecule has 0 bridgehead atoms. The highest BCUT2D eigenvalue weighted by Gasteiger charge is 2.10. The first kappa shape index (κ1) is 19.2. The molecule has 0 unspecified atom stereocenters. The number of hydrogen-bond acceptors (Lipinski definition) is 2. The van der Waals surface area contributed by atoms with Crippen LogP contribution in [0.2, 0.25) is 5.02 Å². The van der Waals surface area contributed by atoms with Gasteiger partial charge in [0.2, 0.25) is 0 Å². The molecule has 0 atom stereocenters. The molecule has 4 aromatic carbocycles. The van der Waals surface area contributed by atoms with Gasteiger partial charge in [0, 0.05) is 21.7 Å². The van der Waals surface area contributed by atoms with Gasteiger partial charge in [0.15, 0.2) is 5.82 Å². The van der Waals surface area contributed by atoms with E-state index in [9.17, 15) is 0 Å². The molecule has 0 saturated heterocycles. The zero-order valence-electron chi connectivity index (χ0n) is 16.7. The van der Waals surface area contributed by atoms with Crippen LogP contribution >= 0.6 is 11.6 Å². The predicted octanol–water partition coefficient (Wildman–Crippen LogP) is 7.80. The van der Waals surface area contributed by atoms with Gasteiger partial charge in [0.25, 0.3) is 0 Å². The Morgan fingerprint density at radius 3 is 1.39 bits per heavy atom. The average Bonchev–Trinajstić information content (AvgIpc) is 2.85. The summed E-state index contributed by atoms with van der Waals surface area (Å²) in [5.41, 5.74) is 7.20. The lowest BCUT2D eigenvalue weighted by Crippen LogP contribution is -1.95. The Bertz CT molecular complexity index is 1240. The molecule has 148 valence electrons. The molecular formula is C28H19ClN2. The van der Waals surface area contributed by atoms with Crippen molar-refractivity contribution in [1.29, 1.82) is 0 Å². The minimum absolute atomic E-state index is 0.721. The second-order valence-electron chi connectivity index (χ2n) is 7.28. The molecule has 0 aliphatic heterocycles. The number of hydrogen-bond donors (Lipinski definition) is 0. The molecule has 0 aliphatic rings. The Kier molecular flexibility index (Phi) is 5.30. The molecule has 0 N–H and O–H groups in total. The van der Waals surface area contributed by atoms with E-state index in [1.807, 2.05) is 72.8 Å². The summed E-state index contributed by atoms with van der Waals surface area (Å²) < 4.78 is 0. The number of halogens is 1. The first-order valence-corrected chi connectivity index (χ1v) is 10.5. The summed E-state index contributed by atoms with van der Waals surface area (Å²) in [6, 6.07) is 38.7. The van der Waals surface area contributed by atoms with E-state index in [0.717, 1.165) is 50.1 Å². The fraction of sp³-hybridized carbons (Fsp3) is 0. The molecule has 0 amide bonds. The minimum Gasteiger partial charge on any atom is -0.228 e. The highest BCUT2D eigenvalue weighted by molar-refractivity contribution is 6.30. The highest BCUT2D eigenvalue weighted by atomic mass is 35.5. The van der Waals surface area contributed by atoms with Crippen molar-refractivity contribution < 1.29 is 0 Å². The molecule has 3 heteroatoms. The average molecular weight is 419 g/mol. The van der Waals surface area contributed by atoms with Crippen molar-refractivity contribution in [3.63, 3.8) is 0 Å². The third-order valence-electron chi connectivity index (χ3n) is 5.19. The maximum Gasteiger partial charge on any atom is 0.160 e. The van der Waals surface area contributed by atoms with Crippen molar-refractivity contribution in [2.45, 2.75) is 0 Å². The topological polar surface area (TPSA) is 25.8 Å². The first-order chi connectivity index (χ1) is 15.3. The van der Waals surface area contributed by atoms with E-state index in [-0.39, 0.29) is 0 Å². The number of rotatable bonds is 4. The quantitative estimate of drug-likeness (QED) is 0.297. The molecule has 1 heterocycles. The largest absolute Gasteiger partial charge is 0.228 e. The van der Waals surface area contributed by atoms with E-state index in [0.29, 0.717) is 0 Å². The summed E-state index contributed by atoms with van der Waals surface area (Å²) in [5, 5.41) is 0.739. The van der Waals surface area contributed by atoms with Crippen LogP contribution in [0.1, 0.15) is 0 Å². The molecule has 0 spiro atoms. The predicted molar refractivity (Wildman–Crippen MR) is 129 cm³/mol. The van der Waals surface area contributed by atoms with Crippen molar-refractivity contribution in [2.75, 3.05) is 0 Å². The summed E-state index contributed by atoms with van der Waals surface area (Å²) in [4.78, 5) is 9.73. The Hall–Kier alpha value is -3.75. The Morgan fingerprint density at radius 2 is 0.839 bits per heavy atom. The third-order valence-corrected chi connectivity index (χ3v) is 5.44. The molecule has 31 heavy (non-hydrogen) atoms. The fourth-order valence-corrected chi connectivity index (χ4v) is 3.67. The second-order valence-corrected chi connectivity index (χ2v) is 7.71. The van der Waals surface area contributed by atoms with Crippen LogP contribution in [0.5, 0.6) is 0 Å². The van der Waals surface area contributed by atoms with Crippen molar-refractivity contribution in [2.24, 2.45) is 0 Å². The molecule has 1 aromatic heterocycles. The maximum atomic E-state index is 6.02. The molecule has 2 nitrogen and oxygen atoms in total. The summed E-state index contributed by atoms with van der Waals surface area (Å²) in [6.07, 6.45) is 0. The Balaban J connectivity index is 1.58. The standard InChI is InChI=1S/C28H19ClN2/c29-25-17-15-21(16-18-25)20-11-13-23(14-12-20)27-19-26(22-7-3-1-4-8-22)30-28(31-27)24-9-5-2-6-10-24/h1-19H. The molecule has 5 aromatic rings. The van der Waals surface area contributed by atoms with Gasteiger partial charge in [-0.15, -0.1) is 0 Å². The van der Waals surface area contributed by atoms with Crippen LogP contribution in [0.15, 0.2) is 115 Å². The van der Waals surface area contributed by atoms with E-state index in [1.165, 1.54) is 0 Å². The lowest BCUT2D eigenvalue weighted by molar-refractivity contribution is 1.18. The lowest BCUT2D eigenvalue weighted by atomic mass is 10.0. The van der Waals surface area contributed by atoms with Crippen molar-refractivity contribution in [1.82, 2.24) is 9.97 Å². The van der Waals surface area contributed by atoms with E-state index in [1.54, 1.807) is 0 Å². The van der Waals surface area contributed by atoms with Gasteiger partial charge in [0.1, 0.15) is 0 Å². The van der Waals surface area contributed by atoms with Gasteiger partial charge < -0.3 is 0 Å². The van der Waals surface area contributed by atoms with Gasteiger partial charge in [0.05, 0.1) is 11.4 Å². The summed E-state index contributed by atoms with van der Waals surface area (Å²) >= 11 is 6.02. The monoisotopic (exact) mass is 418 g/mol. The van der Waals surface area contributed by atoms with Gasteiger partial charge in [-0.05, 0) is 29.3 Å². The van der Waals surface area contributed by atoms with Gasteiger partial charge in [-0.2, -0.15) is 0 Å². The van der Waals surface area contributed by atoms with Gasteiger partial charge in [-0.3, -0.25) is 0 Å². The molecule has 0 radical (unpaired) electrons. The van der Waals surface area contributed by atoms with Crippen LogP contribution in [0, 0.1) is 0 Å². The number of aromatic nitrogens is 2. The van der Waals surface area contributed by atoms with E-state index < -0.39 is 0 Å². The molecule has 0 fully saturated rings. The zero-order chi connectivity index (χ0) is 21.0. The summed E-state index contributed by atoms with van der Waals surface area (Å²) in [6.45, 7) is 0. The third kappa shape index (κ3) is 4.25. The second kappa shape index (κ2) is 8.55. The van der Waals surface area contributed by atoms with E-state index in [4.69, 9.17) is 21.6 Å². The van der Waals surface area contributed by atoms with E-state index in [2.05, 4.69) is 42.5 Å². The highest BCUT2D eigenvalue weighted by Crippen LogP contribution is 2.29. The molecular weight excluding hydrogens is 400 g/mol.